The number of benzene rings is 3. The number of aryl methyl sites for hydroxylation is 1. The molecule has 14 heteroatoms. The van der Waals surface area contributed by atoms with Gasteiger partial charge in [-0.25, -0.2) is 19.7 Å². The summed E-state index contributed by atoms with van der Waals surface area (Å²) in [6.45, 7) is 16.6. The number of imide groups is 1. The molecule has 4 amide bonds. The second-order valence-electron chi connectivity index (χ2n) is 17.8. The maximum absolute atomic E-state index is 12.9. The van der Waals surface area contributed by atoms with Crippen molar-refractivity contribution in [2.75, 3.05) is 67.1 Å². The van der Waals surface area contributed by atoms with Crippen LogP contribution in [-0.4, -0.2) is 95.0 Å². The summed E-state index contributed by atoms with van der Waals surface area (Å²) in [4.78, 5) is 63.8. The standard InChI is InChI=1S/C48H54N10O3S/c1-31-25-34(5-6-35(31)27-49-45(60)41-28-50-46(62-41)48(2,3)4)43-39-26-40(53-44(39)52-30-51-43)33-7-9-36(10-8-33)57-23-21-55(22-24-57)29-32-15-18-56(19-16-32)37-11-13-38(14-12-37)58-20-17-42(59)54-47(58)61/h5-14,25-26,28,30,32H,15-24,27,29H2,1-4H3,(H,49,60)(H,51,52,53)(H,54,59,61). The summed E-state index contributed by atoms with van der Waals surface area (Å²) in [5.41, 5.74) is 10.1. The maximum atomic E-state index is 12.9. The van der Waals surface area contributed by atoms with E-state index in [1.165, 1.54) is 35.6 Å². The third kappa shape index (κ3) is 8.93. The Kier molecular flexibility index (Phi) is 11.5. The number of aromatic nitrogens is 4. The van der Waals surface area contributed by atoms with Gasteiger partial charge in [-0.2, -0.15) is 0 Å². The zero-order valence-corrected chi connectivity index (χ0v) is 36.7. The topological polar surface area (TPSA) is 143 Å². The molecule has 13 nitrogen and oxygen atoms in total. The number of H-pyrrole nitrogens is 1. The summed E-state index contributed by atoms with van der Waals surface area (Å²) in [6.07, 6.45) is 5.94. The quantitative estimate of drug-likeness (QED) is 0.126. The number of nitrogens with one attached hydrogen (secondary N) is 3. The van der Waals surface area contributed by atoms with Crippen LogP contribution in [0.3, 0.4) is 0 Å². The maximum Gasteiger partial charge on any atom is 0.328 e. The number of amides is 4. The SMILES string of the molecule is Cc1cc(-c2ncnc3[nH]c(-c4ccc(N5CCN(CC6CCN(c7ccc(N8CCC(=O)NC8=O)cc7)CC6)CC5)cc4)cc23)ccc1CNC(=O)c1cnc(C(C)(C)C)s1. The Labute approximate surface area is 366 Å². The number of carbonyl (C=O) groups excluding carboxylic acids is 3. The predicted octanol–water partition coefficient (Wildman–Crippen LogP) is 7.77. The summed E-state index contributed by atoms with van der Waals surface area (Å²) in [5.74, 6) is 0.365. The molecule has 62 heavy (non-hydrogen) atoms. The normalized spacial score (nSPS) is 16.9. The average molecular weight is 851 g/mol. The van der Waals surface area contributed by atoms with Gasteiger partial charge in [-0.3, -0.25) is 24.7 Å². The van der Waals surface area contributed by atoms with Crippen LogP contribution in [0, 0.1) is 12.8 Å². The van der Waals surface area contributed by atoms with E-state index >= 15 is 0 Å². The van der Waals surface area contributed by atoms with Crippen LogP contribution in [0.2, 0.25) is 0 Å². The molecule has 0 aliphatic carbocycles. The Morgan fingerprint density at radius 3 is 2.16 bits per heavy atom. The van der Waals surface area contributed by atoms with E-state index in [0.717, 1.165) is 101 Å². The first kappa shape index (κ1) is 41.2. The van der Waals surface area contributed by atoms with Crippen molar-refractivity contribution in [2.24, 2.45) is 5.92 Å². The van der Waals surface area contributed by atoms with Crippen LogP contribution >= 0.6 is 11.3 Å². The van der Waals surface area contributed by atoms with Gasteiger partial charge in [-0.15, -0.1) is 11.3 Å². The van der Waals surface area contributed by atoms with Gasteiger partial charge in [0, 0.05) is 104 Å². The van der Waals surface area contributed by atoms with E-state index < -0.39 is 0 Å². The van der Waals surface area contributed by atoms with Gasteiger partial charge >= 0.3 is 6.03 Å². The highest BCUT2D eigenvalue weighted by Crippen LogP contribution is 2.33. The Bertz CT molecular complexity index is 2580. The van der Waals surface area contributed by atoms with Crippen molar-refractivity contribution in [3.05, 3.63) is 106 Å². The van der Waals surface area contributed by atoms with Crippen LogP contribution in [0.4, 0.5) is 21.9 Å². The van der Waals surface area contributed by atoms with Gasteiger partial charge in [0.15, 0.2) is 0 Å². The number of nitrogens with zero attached hydrogens (tertiary/aromatic N) is 7. The number of fused-ring (bicyclic) bond motifs is 1. The number of urea groups is 1. The van der Waals surface area contributed by atoms with Gasteiger partial charge in [0.1, 0.15) is 16.9 Å². The Morgan fingerprint density at radius 2 is 1.48 bits per heavy atom. The molecule has 320 valence electrons. The molecule has 0 saturated carbocycles. The average Bonchev–Trinajstić information content (AvgIpc) is 3.96. The number of thiazole rings is 1. The number of carbonyl (C=O) groups is 3. The summed E-state index contributed by atoms with van der Waals surface area (Å²) < 4.78 is 0. The summed E-state index contributed by atoms with van der Waals surface area (Å²) in [6, 6.07) is 25.1. The number of hydrogen-bond donors (Lipinski definition) is 3. The number of piperidine rings is 1. The van der Waals surface area contributed by atoms with Crippen LogP contribution in [-0.2, 0) is 16.8 Å². The summed E-state index contributed by atoms with van der Waals surface area (Å²) >= 11 is 1.45. The number of aromatic amines is 1. The van der Waals surface area contributed by atoms with Crippen molar-refractivity contribution < 1.29 is 14.4 Å². The highest BCUT2D eigenvalue weighted by Gasteiger charge is 2.27. The van der Waals surface area contributed by atoms with E-state index in [2.05, 4.69) is 129 Å². The Morgan fingerprint density at radius 1 is 0.806 bits per heavy atom. The number of rotatable bonds is 10. The van der Waals surface area contributed by atoms with Crippen LogP contribution < -0.4 is 25.3 Å². The zero-order valence-electron chi connectivity index (χ0n) is 35.9. The fraction of sp³-hybridized carbons (Fsp3) is 0.375. The third-order valence-electron chi connectivity index (χ3n) is 12.5. The molecule has 3 aromatic carbocycles. The molecule has 3 aromatic heterocycles. The Hall–Kier alpha value is -6.12. The number of anilines is 3. The largest absolute Gasteiger partial charge is 0.372 e. The molecule has 3 saturated heterocycles. The van der Waals surface area contributed by atoms with Gasteiger partial charge < -0.3 is 20.1 Å². The number of piperazine rings is 1. The fourth-order valence-corrected chi connectivity index (χ4v) is 9.68. The molecule has 3 aliphatic heterocycles. The predicted molar refractivity (Wildman–Crippen MR) is 247 cm³/mol. The van der Waals surface area contributed by atoms with Crippen molar-refractivity contribution >= 4 is 57.3 Å². The first-order valence-corrected chi connectivity index (χ1v) is 22.5. The van der Waals surface area contributed by atoms with E-state index in [9.17, 15) is 14.4 Å². The third-order valence-corrected chi connectivity index (χ3v) is 13.9. The molecule has 0 atom stereocenters. The van der Waals surface area contributed by atoms with Gasteiger partial charge in [0.25, 0.3) is 5.91 Å². The van der Waals surface area contributed by atoms with Crippen molar-refractivity contribution in [1.82, 2.24) is 35.5 Å². The molecule has 3 aliphatic rings. The lowest BCUT2D eigenvalue weighted by Gasteiger charge is -2.40. The lowest BCUT2D eigenvalue weighted by atomic mass is 9.95. The smallest absolute Gasteiger partial charge is 0.328 e. The van der Waals surface area contributed by atoms with E-state index in [4.69, 9.17) is 4.98 Å². The highest BCUT2D eigenvalue weighted by molar-refractivity contribution is 7.13. The summed E-state index contributed by atoms with van der Waals surface area (Å²) in [5, 5.41) is 7.39. The fourth-order valence-electron chi connectivity index (χ4n) is 8.79. The summed E-state index contributed by atoms with van der Waals surface area (Å²) in [7, 11) is 0. The molecule has 9 rings (SSSR count). The van der Waals surface area contributed by atoms with Crippen molar-refractivity contribution in [3.8, 4) is 22.5 Å². The van der Waals surface area contributed by atoms with Gasteiger partial charge in [0.2, 0.25) is 5.91 Å². The van der Waals surface area contributed by atoms with Crippen LogP contribution in [0.15, 0.2) is 85.3 Å². The van der Waals surface area contributed by atoms with Crippen LogP contribution in [0.1, 0.15) is 65.8 Å². The van der Waals surface area contributed by atoms with Crippen molar-refractivity contribution in [2.45, 2.75) is 58.9 Å². The van der Waals surface area contributed by atoms with Crippen molar-refractivity contribution in [3.63, 3.8) is 0 Å². The van der Waals surface area contributed by atoms with E-state index in [1.54, 1.807) is 17.4 Å². The minimum absolute atomic E-state index is 0.0894. The zero-order chi connectivity index (χ0) is 43.0. The molecule has 0 radical (unpaired) electrons. The van der Waals surface area contributed by atoms with Crippen LogP contribution in [0.5, 0.6) is 0 Å². The second-order valence-corrected chi connectivity index (χ2v) is 18.8. The van der Waals surface area contributed by atoms with Crippen LogP contribution in [0.25, 0.3) is 33.5 Å². The lowest BCUT2D eigenvalue weighted by Crippen LogP contribution is -2.49. The second kappa shape index (κ2) is 17.3. The van der Waals surface area contributed by atoms with E-state index in [0.29, 0.717) is 30.3 Å². The highest BCUT2D eigenvalue weighted by atomic mass is 32.1. The van der Waals surface area contributed by atoms with E-state index in [1.807, 2.05) is 12.1 Å². The molecule has 0 spiro atoms. The van der Waals surface area contributed by atoms with Crippen molar-refractivity contribution in [1.29, 1.82) is 0 Å². The number of hydrogen-bond acceptors (Lipinski definition) is 10. The molecule has 3 fully saturated rings. The van der Waals surface area contributed by atoms with Gasteiger partial charge in [-0.1, -0.05) is 45.0 Å². The molecular formula is C48H54N10O3S. The van der Waals surface area contributed by atoms with E-state index in [-0.39, 0.29) is 23.3 Å². The van der Waals surface area contributed by atoms with Gasteiger partial charge in [0.05, 0.1) is 16.9 Å². The Balaban J connectivity index is 0.759. The first-order chi connectivity index (χ1) is 29.9. The molecule has 6 heterocycles. The molecular weight excluding hydrogens is 797 g/mol. The first-order valence-electron chi connectivity index (χ1n) is 21.7. The lowest BCUT2D eigenvalue weighted by molar-refractivity contribution is -0.120. The molecule has 0 unspecified atom stereocenters. The minimum Gasteiger partial charge on any atom is -0.372 e. The molecule has 0 bridgehead atoms. The monoisotopic (exact) mass is 850 g/mol. The minimum atomic E-state index is -0.347. The van der Waals surface area contributed by atoms with Gasteiger partial charge in [-0.05, 0) is 90.9 Å². The molecule has 3 N–H and O–H groups in total. The molecule has 6 aromatic rings.